The van der Waals surface area contributed by atoms with Crippen molar-refractivity contribution < 1.29 is 9.13 Å². The van der Waals surface area contributed by atoms with Gasteiger partial charge in [0.2, 0.25) is 0 Å². The lowest BCUT2D eigenvalue weighted by molar-refractivity contribution is -0.00325. The Kier molecular flexibility index (Phi) is 7.68. The van der Waals surface area contributed by atoms with Crippen molar-refractivity contribution in [2.75, 3.05) is 6.61 Å². The fraction of sp³-hybridized carbons (Fsp3) is 0.714. The number of hydrogen-bond donors (Lipinski definition) is 0. The maximum atomic E-state index is 15.6. The van der Waals surface area contributed by atoms with Crippen LogP contribution in [0.25, 0.3) is 0 Å². The first-order valence-electron chi connectivity index (χ1n) is 12.7. The molecule has 166 valence electrons. The molecule has 1 nitrogen and oxygen atoms in total. The molecule has 2 saturated carbocycles. The van der Waals surface area contributed by atoms with Gasteiger partial charge in [-0.25, -0.2) is 4.39 Å². The Morgan fingerprint density at radius 2 is 1.90 bits per heavy atom. The molecule has 0 saturated heterocycles. The second kappa shape index (κ2) is 10.4. The van der Waals surface area contributed by atoms with Crippen molar-refractivity contribution in [1.82, 2.24) is 0 Å². The molecule has 1 aromatic rings. The zero-order chi connectivity index (χ0) is 20.9. The Bertz CT molecular complexity index is 711. The topological polar surface area (TPSA) is 9.23 Å². The summed E-state index contributed by atoms with van der Waals surface area (Å²) in [5, 5.41) is 0. The van der Waals surface area contributed by atoms with Crippen molar-refractivity contribution >= 4 is 0 Å². The fourth-order valence-electron chi connectivity index (χ4n) is 6.63. The van der Waals surface area contributed by atoms with Crippen LogP contribution in [0.15, 0.2) is 24.8 Å². The van der Waals surface area contributed by atoms with E-state index in [-0.39, 0.29) is 5.82 Å². The summed E-state index contributed by atoms with van der Waals surface area (Å²) in [6.45, 7) is 6.71. The molecule has 0 heterocycles. The first kappa shape index (κ1) is 22.1. The first-order chi connectivity index (χ1) is 14.7. The van der Waals surface area contributed by atoms with Crippen LogP contribution in [0, 0.1) is 23.6 Å². The molecular formula is C28H41FO. The number of benzene rings is 1. The van der Waals surface area contributed by atoms with Gasteiger partial charge in [-0.15, -0.1) is 6.58 Å². The van der Waals surface area contributed by atoms with Gasteiger partial charge in [0.05, 0.1) is 12.7 Å². The molecular weight excluding hydrogens is 371 g/mol. The van der Waals surface area contributed by atoms with E-state index in [1.165, 1.54) is 63.4 Å². The van der Waals surface area contributed by atoms with Crippen LogP contribution in [0.4, 0.5) is 4.39 Å². The molecule has 0 N–H and O–H groups in total. The second-order valence-electron chi connectivity index (χ2n) is 10.3. The number of halogens is 1. The Labute approximate surface area is 183 Å². The third-order valence-electron chi connectivity index (χ3n) is 8.35. The average Bonchev–Trinajstić information content (AvgIpc) is 2.77. The van der Waals surface area contributed by atoms with Crippen LogP contribution < -0.4 is 0 Å². The fourth-order valence-corrected chi connectivity index (χ4v) is 6.63. The summed E-state index contributed by atoms with van der Waals surface area (Å²) in [6.07, 6.45) is 17.9. The Hall–Kier alpha value is -1.15. The zero-order valence-electron chi connectivity index (χ0n) is 19.0. The van der Waals surface area contributed by atoms with E-state index in [4.69, 9.17) is 4.74 Å². The Morgan fingerprint density at radius 3 is 2.73 bits per heavy atom. The number of rotatable bonds is 8. The molecule has 0 spiro atoms. The largest absolute Gasteiger partial charge is 0.374 e. The summed E-state index contributed by atoms with van der Waals surface area (Å²) in [5.74, 6) is 2.87. The molecule has 0 bridgehead atoms. The van der Waals surface area contributed by atoms with Gasteiger partial charge < -0.3 is 4.74 Å². The highest BCUT2D eigenvalue weighted by atomic mass is 19.1. The SMILES string of the molecule is C=CCOC1CCC2CC(c3ccc4c(c3F)CCC(CCCCC)C4)CCC2C1. The quantitative estimate of drug-likeness (QED) is 0.313. The molecule has 2 heteroatoms. The Balaban J connectivity index is 1.37. The maximum Gasteiger partial charge on any atom is 0.130 e. The maximum absolute atomic E-state index is 15.6. The molecule has 3 aliphatic carbocycles. The summed E-state index contributed by atoms with van der Waals surface area (Å²) in [5.41, 5.74) is 3.39. The van der Waals surface area contributed by atoms with Crippen LogP contribution in [-0.4, -0.2) is 12.7 Å². The van der Waals surface area contributed by atoms with Crippen molar-refractivity contribution in [3.05, 3.63) is 47.3 Å². The van der Waals surface area contributed by atoms with E-state index in [1.807, 2.05) is 6.08 Å². The molecule has 3 aliphatic rings. The molecule has 1 aromatic carbocycles. The lowest BCUT2D eigenvalue weighted by atomic mass is 9.65. The van der Waals surface area contributed by atoms with E-state index in [1.54, 1.807) is 0 Å². The van der Waals surface area contributed by atoms with E-state index in [0.717, 1.165) is 54.6 Å². The van der Waals surface area contributed by atoms with Gasteiger partial charge in [-0.2, -0.15) is 0 Å². The Morgan fingerprint density at radius 1 is 1.07 bits per heavy atom. The number of unbranched alkanes of at least 4 members (excludes halogenated alkanes) is 2. The van der Waals surface area contributed by atoms with Gasteiger partial charge in [-0.3, -0.25) is 0 Å². The normalized spacial score (nSPS) is 31.1. The number of hydrogen-bond acceptors (Lipinski definition) is 1. The minimum atomic E-state index is 0.158. The van der Waals surface area contributed by atoms with Crippen molar-refractivity contribution in [3.8, 4) is 0 Å². The predicted octanol–water partition coefficient (Wildman–Crippen LogP) is 7.77. The minimum Gasteiger partial charge on any atom is -0.374 e. The van der Waals surface area contributed by atoms with Crippen LogP contribution in [-0.2, 0) is 17.6 Å². The van der Waals surface area contributed by atoms with E-state index < -0.39 is 0 Å². The van der Waals surface area contributed by atoms with Gasteiger partial charge >= 0.3 is 0 Å². The molecule has 5 unspecified atom stereocenters. The van der Waals surface area contributed by atoms with Crippen LogP contribution in [0.1, 0.15) is 100 Å². The lowest BCUT2D eigenvalue weighted by Gasteiger charge is -2.42. The van der Waals surface area contributed by atoms with Crippen molar-refractivity contribution in [2.24, 2.45) is 17.8 Å². The van der Waals surface area contributed by atoms with Crippen LogP contribution >= 0.6 is 0 Å². The first-order valence-corrected chi connectivity index (χ1v) is 12.7. The van der Waals surface area contributed by atoms with Gasteiger partial charge in [-0.1, -0.05) is 50.8 Å². The van der Waals surface area contributed by atoms with Crippen LogP contribution in [0.3, 0.4) is 0 Å². The summed E-state index contributed by atoms with van der Waals surface area (Å²) < 4.78 is 21.5. The molecule has 4 rings (SSSR count). The van der Waals surface area contributed by atoms with Gasteiger partial charge in [-0.05, 0) is 98.1 Å². The molecule has 0 aliphatic heterocycles. The summed E-state index contributed by atoms with van der Waals surface area (Å²) in [6, 6.07) is 4.44. The smallest absolute Gasteiger partial charge is 0.130 e. The van der Waals surface area contributed by atoms with E-state index in [9.17, 15) is 0 Å². The van der Waals surface area contributed by atoms with Crippen LogP contribution in [0.5, 0.6) is 0 Å². The van der Waals surface area contributed by atoms with Gasteiger partial charge in [0.15, 0.2) is 0 Å². The highest BCUT2D eigenvalue weighted by Gasteiger charge is 2.37. The van der Waals surface area contributed by atoms with Crippen molar-refractivity contribution in [2.45, 2.75) is 102 Å². The summed E-state index contributed by atoms with van der Waals surface area (Å²) in [4.78, 5) is 0. The van der Waals surface area contributed by atoms with E-state index in [2.05, 4.69) is 25.6 Å². The monoisotopic (exact) mass is 412 g/mol. The van der Waals surface area contributed by atoms with E-state index in [0.29, 0.717) is 18.6 Å². The molecule has 0 aromatic heterocycles. The predicted molar refractivity (Wildman–Crippen MR) is 123 cm³/mol. The summed E-state index contributed by atoms with van der Waals surface area (Å²) in [7, 11) is 0. The lowest BCUT2D eigenvalue weighted by Crippen LogP contribution is -2.34. The van der Waals surface area contributed by atoms with Crippen molar-refractivity contribution in [3.63, 3.8) is 0 Å². The number of ether oxygens (including phenoxy) is 1. The third-order valence-corrected chi connectivity index (χ3v) is 8.35. The standard InChI is InChI=1S/C28H41FO/c1-3-5-6-7-20-8-14-26-23(17-20)12-15-27(28(26)29)24-10-9-22-19-25(30-16-4-2)13-11-21(22)18-24/h4,12,15,20-22,24-25H,2-3,5-11,13-14,16-19H2,1H3. The minimum absolute atomic E-state index is 0.158. The zero-order valence-corrected chi connectivity index (χ0v) is 19.0. The molecule has 5 atom stereocenters. The third kappa shape index (κ3) is 5.01. The number of fused-ring (bicyclic) bond motifs is 2. The molecule has 0 radical (unpaired) electrons. The highest BCUT2D eigenvalue weighted by molar-refractivity contribution is 5.38. The summed E-state index contributed by atoms with van der Waals surface area (Å²) >= 11 is 0. The highest BCUT2D eigenvalue weighted by Crippen LogP contribution is 2.47. The van der Waals surface area contributed by atoms with E-state index >= 15 is 4.39 Å². The van der Waals surface area contributed by atoms with Crippen LogP contribution in [0.2, 0.25) is 0 Å². The van der Waals surface area contributed by atoms with Gasteiger partial charge in [0.25, 0.3) is 0 Å². The molecule has 2 fully saturated rings. The second-order valence-corrected chi connectivity index (χ2v) is 10.3. The van der Waals surface area contributed by atoms with Gasteiger partial charge in [0.1, 0.15) is 5.82 Å². The molecule has 30 heavy (non-hydrogen) atoms. The van der Waals surface area contributed by atoms with Crippen molar-refractivity contribution in [1.29, 1.82) is 0 Å². The molecule has 0 amide bonds. The van der Waals surface area contributed by atoms with Gasteiger partial charge in [0, 0.05) is 0 Å². The average molecular weight is 413 g/mol.